The number of thiophene rings is 1. The summed E-state index contributed by atoms with van der Waals surface area (Å²) >= 11 is 1.78. The predicted octanol–water partition coefficient (Wildman–Crippen LogP) is 3.92. The molecular formula is C21H27NO4S. The van der Waals surface area contributed by atoms with Crippen molar-refractivity contribution in [3.63, 3.8) is 0 Å². The number of hydrogen-bond donors (Lipinski definition) is 2. The average molecular weight is 390 g/mol. The number of nitrogens with one attached hydrogen (secondary N) is 1. The quantitative estimate of drug-likeness (QED) is 0.776. The van der Waals surface area contributed by atoms with Crippen LogP contribution < -0.4 is 5.32 Å². The number of carbonyl (C=O) groups excluding carboxylic acids is 1. The highest BCUT2D eigenvalue weighted by atomic mass is 32.1. The molecule has 1 fully saturated rings. The number of aliphatic hydroxyl groups is 1. The molecule has 2 heterocycles. The second kappa shape index (κ2) is 8.00. The number of hydrogen-bond acceptors (Lipinski definition) is 6. The lowest BCUT2D eigenvalue weighted by Gasteiger charge is -2.22. The Morgan fingerprint density at radius 3 is 2.52 bits per heavy atom. The van der Waals surface area contributed by atoms with Crippen LogP contribution in [0.2, 0.25) is 0 Å². The second-order valence-corrected chi connectivity index (χ2v) is 9.23. The number of aliphatic hydroxyl groups excluding tert-OH is 1. The zero-order chi connectivity index (χ0) is 19.6. The van der Waals surface area contributed by atoms with Crippen molar-refractivity contribution in [3.8, 4) is 10.4 Å². The Morgan fingerprint density at radius 1 is 1.22 bits per heavy atom. The van der Waals surface area contributed by atoms with Gasteiger partial charge in [-0.1, -0.05) is 24.3 Å². The zero-order valence-corrected chi connectivity index (χ0v) is 17.0. The first-order valence-electron chi connectivity index (χ1n) is 9.18. The van der Waals surface area contributed by atoms with Gasteiger partial charge in [0.05, 0.1) is 0 Å². The summed E-state index contributed by atoms with van der Waals surface area (Å²) in [6.45, 7) is 7.85. The number of aryl methyl sites for hydroxylation is 1. The summed E-state index contributed by atoms with van der Waals surface area (Å²) in [6.07, 6.45) is -1.45. The van der Waals surface area contributed by atoms with Gasteiger partial charge in [0.2, 0.25) is 0 Å². The molecule has 2 N–H and O–H groups in total. The van der Waals surface area contributed by atoms with Crippen molar-refractivity contribution in [1.82, 2.24) is 5.32 Å². The lowest BCUT2D eigenvalue weighted by Crippen LogP contribution is -2.37. The molecular weight excluding hydrogens is 362 g/mol. The molecule has 27 heavy (non-hydrogen) atoms. The molecule has 0 radical (unpaired) electrons. The van der Waals surface area contributed by atoms with Crippen LogP contribution in [0.5, 0.6) is 0 Å². The summed E-state index contributed by atoms with van der Waals surface area (Å²) in [7, 11) is 0. The molecule has 3 rings (SSSR count). The summed E-state index contributed by atoms with van der Waals surface area (Å²) in [5, 5.41) is 13.7. The van der Waals surface area contributed by atoms with E-state index in [9.17, 15) is 9.90 Å². The van der Waals surface area contributed by atoms with E-state index in [0.717, 1.165) is 5.56 Å². The lowest BCUT2D eigenvalue weighted by atomic mass is 10.0. The summed E-state index contributed by atoms with van der Waals surface area (Å²) in [5.74, 6) is 0. The van der Waals surface area contributed by atoms with Crippen LogP contribution in [0.3, 0.4) is 0 Å². The molecule has 3 atom stereocenters. The second-order valence-electron chi connectivity index (χ2n) is 7.94. The Bertz CT molecular complexity index is 778. The minimum absolute atomic E-state index is 0.160. The number of ether oxygens (including phenoxy) is 2. The van der Waals surface area contributed by atoms with Gasteiger partial charge in [-0.05, 0) is 57.4 Å². The minimum Gasteiger partial charge on any atom is -0.429 e. The molecule has 1 aliphatic heterocycles. The fourth-order valence-electron chi connectivity index (χ4n) is 3.12. The third-order valence-corrected chi connectivity index (χ3v) is 5.50. The van der Waals surface area contributed by atoms with Crippen LogP contribution in [0.25, 0.3) is 10.4 Å². The topological polar surface area (TPSA) is 67.8 Å². The molecule has 0 bridgehead atoms. The highest BCUT2D eigenvalue weighted by molar-refractivity contribution is 7.15. The third kappa shape index (κ3) is 5.31. The third-order valence-electron chi connectivity index (χ3n) is 4.45. The molecule has 6 heteroatoms. The van der Waals surface area contributed by atoms with E-state index in [1.807, 2.05) is 0 Å². The molecule has 0 saturated carbocycles. The Kier molecular flexibility index (Phi) is 5.89. The maximum absolute atomic E-state index is 11.8. The average Bonchev–Trinajstić information content (AvgIpc) is 3.15. The molecule has 1 aromatic carbocycles. The SMILES string of the molecule is Cc1ccc(-c2ccc(C[C@H]3NCC(OC(=O)OC(C)(C)C)[C@H]3O)cc2)s1. The van der Waals surface area contributed by atoms with Gasteiger partial charge in [-0.15, -0.1) is 11.3 Å². The molecule has 5 nitrogen and oxygen atoms in total. The van der Waals surface area contributed by atoms with Crippen LogP contribution >= 0.6 is 11.3 Å². The Hall–Kier alpha value is -1.89. The van der Waals surface area contributed by atoms with Crippen molar-refractivity contribution in [2.75, 3.05) is 6.54 Å². The monoisotopic (exact) mass is 389 g/mol. The predicted molar refractivity (Wildman–Crippen MR) is 107 cm³/mol. The van der Waals surface area contributed by atoms with Gasteiger partial charge >= 0.3 is 6.16 Å². The Balaban J connectivity index is 1.56. The maximum Gasteiger partial charge on any atom is 0.509 e. The Labute approximate surface area is 164 Å². The van der Waals surface area contributed by atoms with E-state index in [0.29, 0.717) is 13.0 Å². The highest BCUT2D eigenvalue weighted by Gasteiger charge is 2.37. The van der Waals surface area contributed by atoms with Crippen molar-refractivity contribution in [2.24, 2.45) is 0 Å². The van der Waals surface area contributed by atoms with Crippen LogP contribution in [0, 0.1) is 6.92 Å². The normalized spacial score (nSPS) is 22.6. The number of rotatable bonds is 4. The largest absolute Gasteiger partial charge is 0.509 e. The van der Waals surface area contributed by atoms with Gasteiger partial charge in [-0.25, -0.2) is 4.79 Å². The van der Waals surface area contributed by atoms with E-state index >= 15 is 0 Å². The molecule has 2 aromatic rings. The highest BCUT2D eigenvalue weighted by Crippen LogP contribution is 2.28. The lowest BCUT2D eigenvalue weighted by molar-refractivity contribution is -0.0486. The fraction of sp³-hybridized carbons (Fsp3) is 0.476. The van der Waals surface area contributed by atoms with Gasteiger partial charge in [-0.3, -0.25) is 0 Å². The first-order valence-corrected chi connectivity index (χ1v) is 10.00. The van der Waals surface area contributed by atoms with E-state index in [4.69, 9.17) is 9.47 Å². The first-order chi connectivity index (χ1) is 12.7. The maximum atomic E-state index is 11.8. The van der Waals surface area contributed by atoms with Crippen LogP contribution in [-0.2, 0) is 15.9 Å². The van der Waals surface area contributed by atoms with Crippen molar-refractivity contribution in [2.45, 2.75) is 58.0 Å². The fourth-order valence-corrected chi connectivity index (χ4v) is 3.99. The van der Waals surface area contributed by atoms with Gasteiger partial charge < -0.3 is 19.9 Å². The molecule has 0 aliphatic carbocycles. The summed E-state index contributed by atoms with van der Waals surface area (Å²) in [4.78, 5) is 14.4. The first kappa shape index (κ1) is 19.9. The molecule has 146 valence electrons. The van der Waals surface area contributed by atoms with Crippen LogP contribution in [0.1, 0.15) is 31.2 Å². The molecule has 1 aliphatic rings. The van der Waals surface area contributed by atoms with E-state index in [1.165, 1.54) is 15.3 Å². The van der Waals surface area contributed by atoms with Crippen molar-refractivity contribution >= 4 is 17.5 Å². The summed E-state index contributed by atoms with van der Waals surface area (Å²) in [6, 6.07) is 12.5. The standard InChI is InChI=1S/C21H27NO4S/c1-13-5-10-18(27-13)15-8-6-14(7-9-15)11-16-19(23)17(12-22-16)25-20(24)26-21(2,3)4/h5-10,16-17,19,22-23H,11-12H2,1-4H3/t16-,17?,19+/m1/s1. The Morgan fingerprint density at radius 2 is 1.93 bits per heavy atom. The molecule has 1 saturated heterocycles. The van der Waals surface area contributed by atoms with Crippen molar-refractivity contribution < 1.29 is 19.4 Å². The zero-order valence-electron chi connectivity index (χ0n) is 16.2. The van der Waals surface area contributed by atoms with E-state index in [1.54, 1.807) is 32.1 Å². The number of carbonyl (C=O) groups is 1. The van der Waals surface area contributed by atoms with Crippen LogP contribution in [0.4, 0.5) is 4.79 Å². The van der Waals surface area contributed by atoms with Gasteiger partial charge in [0.15, 0.2) is 0 Å². The van der Waals surface area contributed by atoms with Crippen molar-refractivity contribution in [1.29, 1.82) is 0 Å². The van der Waals surface area contributed by atoms with Gasteiger partial charge in [-0.2, -0.15) is 0 Å². The summed E-state index contributed by atoms with van der Waals surface area (Å²) in [5.41, 5.74) is 1.71. The molecule has 1 unspecified atom stereocenters. The van der Waals surface area contributed by atoms with Gasteiger partial charge in [0, 0.05) is 22.3 Å². The molecule has 1 aromatic heterocycles. The number of benzene rings is 1. The van der Waals surface area contributed by atoms with Crippen LogP contribution in [0.15, 0.2) is 36.4 Å². The van der Waals surface area contributed by atoms with Crippen molar-refractivity contribution in [3.05, 3.63) is 46.8 Å². The smallest absolute Gasteiger partial charge is 0.429 e. The van der Waals surface area contributed by atoms with E-state index in [-0.39, 0.29) is 6.04 Å². The minimum atomic E-state index is -0.767. The van der Waals surface area contributed by atoms with Gasteiger partial charge in [0.25, 0.3) is 0 Å². The summed E-state index contributed by atoms with van der Waals surface area (Å²) < 4.78 is 10.4. The van der Waals surface area contributed by atoms with E-state index < -0.39 is 24.0 Å². The molecule has 0 amide bonds. The van der Waals surface area contributed by atoms with Gasteiger partial charge in [0.1, 0.15) is 17.8 Å². The van der Waals surface area contributed by atoms with Crippen LogP contribution in [-0.4, -0.2) is 41.7 Å². The van der Waals surface area contributed by atoms with E-state index in [2.05, 4.69) is 48.6 Å². The molecule has 0 spiro atoms.